The average Bonchev–Trinajstić information content (AvgIpc) is 2.34. The van der Waals surface area contributed by atoms with Crippen molar-refractivity contribution in [1.29, 1.82) is 0 Å². The lowest BCUT2D eigenvalue weighted by atomic mass is 9.98. The second kappa shape index (κ2) is 8.03. The van der Waals surface area contributed by atoms with Gasteiger partial charge < -0.3 is 20.3 Å². The van der Waals surface area contributed by atoms with Crippen molar-refractivity contribution in [2.24, 2.45) is 0 Å². The summed E-state index contributed by atoms with van der Waals surface area (Å²) >= 11 is 0. The summed E-state index contributed by atoms with van der Waals surface area (Å²) < 4.78 is 4.68. The molecule has 0 rings (SSSR count). The highest BCUT2D eigenvalue weighted by Gasteiger charge is 2.28. The zero-order valence-electron chi connectivity index (χ0n) is 10.4. The van der Waals surface area contributed by atoms with E-state index in [2.05, 4.69) is 10.1 Å². The molecule has 0 heterocycles. The van der Waals surface area contributed by atoms with Crippen LogP contribution in [-0.4, -0.2) is 47.4 Å². The number of nitrogens with one attached hydrogen (secondary N) is 1. The number of rotatable bonds is 8. The molecule has 0 fully saturated rings. The summed E-state index contributed by atoms with van der Waals surface area (Å²) in [7, 11) is 0. The molecule has 0 aliphatic rings. The number of aliphatic hydroxyl groups is 2. The molecule has 100 valence electrons. The summed E-state index contributed by atoms with van der Waals surface area (Å²) in [6, 6.07) is 0. The molecule has 0 aromatic heterocycles. The van der Waals surface area contributed by atoms with E-state index in [1.807, 2.05) is 0 Å². The fourth-order valence-electron chi connectivity index (χ4n) is 1.25. The predicted molar refractivity (Wildman–Crippen MR) is 61.2 cm³/mol. The third-order valence-corrected chi connectivity index (χ3v) is 2.55. The van der Waals surface area contributed by atoms with Gasteiger partial charge >= 0.3 is 5.97 Å². The Labute approximate surface area is 101 Å². The van der Waals surface area contributed by atoms with Gasteiger partial charge in [0.1, 0.15) is 0 Å². The van der Waals surface area contributed by atoms with Crippen molar-refractivity contribution < 1.29 is 24.5 Å². The van der Waals surface area contributed by atoms with Gasteiger partial charge in [-0.2, -0.15) is 0 Å². The Morgan fingerprint density at radius 2 is 1.76 bits per heavy atom. The van der Waals surface area contributed by atoms with E-state index in [0.717, 1.165) is 0 Å². The molecule has 3 N–H and O–H groups in total. The number of hydrogen-bond acceptors (Lipinski definition) is 5. The second-order valence-electron chi connectivity index (χ2n) is 3.80. The SMILES string of the molecule is CCOC(=O)CCC(=O)NC(CC)(CO)CO. The van der Waals surface area contributed by atoms with Gasteiger partial charge in [-0.15, -0.1) is 0 Å². The third-order valence-electron chi connectivity index (χ3n) is 2.55. The van der Waals surface area contributed by atoms with Gasteiger partial charge in [-0.3, -0.25) is 9.59 Å². The van der Waals surface area contributed by atoms with Crippen molar-refractivity contribution in [2.45, 2.75) is 38.6 Å². The van der Waals surface area contributed by atoms with Gasteiger partial charge in [0.05, 0.1) is 31.8 Å². The van der Waals surface area contributed by atoms with E-state index in [9.17, 15) is 9.59 Å². The molecular formula is C11H21NO5. The summed E-state index contributed by atoms with van der Waals surface area (Å²) in [5.74, 6) is -0.819. The van der Waals surface area contributed by atoms with E-state index in [-0.39, 0.29) is 38.6 Å². The first-order valence-electron chi connectivity index (χ1n) is 5.72. The first-order chi connectivity index (χ1) is 8.03. The lowest BCUT2D eigenvalue weighted by molar-refractivity contribution is -0.144. The van der Waals surface area contributed by atoms with Gasteiger partial charge in [-0.1, -0.05) is 6.92 Å². The maximum absolute atomic E-state index is 11.5. The molecule has 0 unspecified atom stereocenters. The normalized spacial score (nSPS) is 11.1. The highest BCUT2D eigenvalue weighted by Crippen LogP contribution is 2.09. The van der Waals surface area contributed by atoms with Gasteiger partial charge in [-0.25, -0.2) is 0 Å². The number of esters is 1. The minimum absolute atomic E-state index is 0.00365. The van der Waals surface area contributed by atoms with Crippen molar-refractivity contribution in [3.05, 3.63) is 0 Å². The molecule has 0 aliphatic heterocycles. The lowest BCUT2D eigenvalue weighted by Crippen LogP contribution is -2.53. The fraction of sp³-hybridized carbons (Fsp3) is 0.818. The van der Waals surface area contributed by atoms with Crippen LogP contribution >= 0.6 is 0 Å². The average molecular weight is 247 g/mol. The first-order valence-corrected chi connectivity index (χ1v) is 5.72. The first kappa shape index (κ1) is 15.9. The smallest absolute Gasteiger partial charge is 0.306 e. The van der Waals surface area contributed by atoms with E-state index < -0.39 is 11.5 Å². The molecule has 0 radical (unpaired) electrons. The van der Waals surface area contributed by atoms with Crippen LogP contribution in [0, 0.1) is 0 Å². The van der Waals surface area contributed by atoms with Crippen LogP contribution < -0.4 is 5.32 Å². The van der Waals surface area contributed by atoms with Crippen LogP contribution in [0.5, 0.6) is 0 Å². The summed E-state index contributed by atoms with van der Waals surface area (Å²) in [6.07, 6.45) is 0.391. The highest BCUT2D eigenvalue weighted by atomic mass is 16.5. The quantitative estimate of drug-likeness (QED) is 0.506. The molecule has 0 atom stereocenters. The van der Waals surface area contributed by atoms with Crippen LogP contribution in [0.2, 0.25) is 0 Å². The fourth-order valence-corrected chi connectivity index (χ4v) is 1.25. The Kier molecular flexibility index (Phi) is 7.49. The molecule has 0 saturated carbocycles. The number of carbonyl (C=O) groups is 2. The number of carbonyl (C=O) groups excluding carboxylic acids is 2. The van der Waals surface area contributed by atoms with Gasteiger partial charge in [0.15, 0.2) is 0 Å². The molecule has 0 aliphatic carbocycles. The number of aliphatic hydroxyl groups excluding tert-OH is 2. The van der Waals surface area contributed by atoms with Crippen LogP contribution in [-0.2, 0) is 14.3 Å². The van der Waals surface area contributed by atoms with Crippen LogP contribution in [0.15, 0.2) is 0 Å². The molecule has 17 heavy (non-hydrogen) atoms. The van der Waals surface area contributed by atoms with E-state index in [0.29, 0.717) is 6.42 Å². The molecule has 0 bridgehead atoms. The van der Waals surface area contributed by atoms with Crippen molar-refractivity contribution in [2.75, 3.05) is 19.8 Å². The molecule has 0 aromatic carbocycles. The Bertz CT molecular complexity index is 242. The summed E-state index contributed by atoms with van der Waals surface area (Å²) in [6.45, 7) is 3.04. The molecule has 6 nitrogen and oxygen atoms in total. The zero-order chi connectivity index (χ0) is 13.3. The Morgan fingerprint density at radius 1 is 1.18 bits per heavy atom. The Balaban J connectivity index is 4.11. The Hall–Kier alpha value is -1.14. The molecular weight excluding hydrogens is 226 g/mol. The lowest BCUT2D eigenvalue weighted by Gasteiger charge is -2.29. The molecule has 0 aromatic rings. The van der Waals surface area contributed by atoms with Gasteiger partial charge in [0.2, 0.25) is 5.91 Å². The van der Waals surface area contributed by atoms with Gasteiger partial charge in [0.25, 0.3) is 0 Å². The van der Waals surface area contributed by atoms with Crippen molar-refractivity contribution in [3.8, 4) is 0 Å². The van der Waals surface area contributed by atoms with E-state index in [4.69, 9.17) is 10.2 Å². The number of ether oxygens (including phenoxy) is 1. The largest absolute Gasteiger partial charge is 0.466 e. The maximum Gasteiger partial charge on any atom is 0.306 e. The van der Waals surface area contributed by atoms with Crippen molar-refractivity contribution >= 4 is 11.9 Å². The molecule has 6 heteroatoms. The standard InChI is InChI=1S/C11H21NO5/c1-3-11(7-13,8-14)12-9(15)5-6-10(16)17-4-2/h13-14H,3-8H2,1-2H3,(H,12,15). The van der Waals surface area contributed by atoms with Crippen molar-refractivity contribution in [1.82, 2.24) is 5.32 Å². The van der Waals surface area contributed by atoms with Crippen LogP contribution in [0.1, 0.15) is 33.1 Å². The minimum atomic E-state index is -1.01. The summed E-state index contributed by atoms with van der Waals surface area (Å²) in [5.41, 5.74) is -1.01. The van der Waals surface area contributed by atoms with E-state index in [1.165, 1.54) is 0 Å². The molecule has 0 spiro atoms. The van der Waals surface area contributed by atoms with Crippen LogP contribution in [0.25, 0.3) is 0 Å². The van der Waals surface area contributed by atoms with Crippen LogP contribution in [0.3, 0.4) is 0 Å². The minimum Gasteiger partial charge on any atom is -0.466 e. The number of amides is 1. The third kappa shape index (κ3) is 5.65. The molecule has 0 saturated heterocycles. The van der Waals surface area contributed by atoms with Crippen molar-refractivity contribution in [3.63, 3.8) is 0 Å². The predicted octanol–water partition coefficient (Wildman–Crippen LogP) is -0.421. The maximum atomic E-state index is 11.5. The van der Waals surface area contributed by atoms with E-state index in [1.54, 1.807) is 13.8 Å². The zero-order valence-corrected chi connectivity index (χ0v) is 10.4. The summed E-state index contributed by atoms with van der Waals surface area (Å²) in [5, 5.41) is 20.8. The monoisotopic (exact) mass is 247 g/mol. The second-order valence-corrected chi connectivity index (χ2v) is 3.80. The van der Waals surface area contributed by atoms with E-state index >= 15 is 0 Å². The van der Waals surface area contributed by atoms with Gasteiger partial charge in [-0.05, 0) is 13.3 Å². The van der Waals surface area contributed by atoms with Gasteiger partial charge in [0, 0.05) is 6.42 Å². The Morgan fingerprint density at radius 3 is 2.18 bits per heavy atom. The van der Waals surface area contributed by atoms with Crippen LogP contribution in [0.4, 0.5) is 0 Å². The summed E-state index contributed by atoms with van der Waals surface area (Å²) in [4.78, 5) is 22.5. The highest BCUT2D eigenvalue weighted by molar-refractivity contribution is 5.81. The molecule has 1 amide bonds. The number of hydrogen-bond donors (Lipinski definition) is 3. The topological polar surface area (TPSA) is 95.9 Å².